The molecule has 5 rings (SSSR count). The molecule has 2 N–H and O–H groups in total. The first kappa shape index (κ1) is 26.5. The van der Waals surface area contributed by atoms with Crippen LogP contribution in [0.3, 0.4) is 0 Å². The number of amides is 2. The van der Waals surface area contributed by atoms with Crippen molar-refractivity contribution in [2.24, 2.45) is 0 Å². The molecule has 2 fully saturated rings. The van der Waals surface area contributed by atoms with E-state index in [1.165, 1.54) is 12.1 Å². The lowest BCUT2D eigenvalue weighted by molar-refractivity contribution is -0.193. The van der Waals surface area contributed by atoms with Gasteiger partial charge in [-0.25, -0.2) is 18.6 Å². The quantitative estimate of drug-likeness (QED) is 0.476. The van der Waals surface area contributed by atoms with Gasteiger partial charge in [-0.2, -0.15) is 13.2 Å². The Bertz CT molecular complexity index is 1540. The summed E-state index contributed by atoms with van der Waals surface area (Å²) in [5.41, 5.74) is -4.29. The van der Waals surface area contributed by atoms with E-state index in [2.05, 4.69) is 4.98 Å². The molecule has 15 heteroatoms. The number of anilines is 1. The van der Waals surface area contributed by atoms with E-state index >= 15 is 0 Å². The van der Waals surface area contributed by atoms with Crippen LogP contribution in [-0.2, 0) is 9.53 Å². The molecule has 2 amide bonds. The van der Waals surface area contributed by atoms with Gasteiger partial charge in [0.25, 0.3) is 0 Å². The first-order valence-electron chi connectivity index (χ1n) is 11.5. The maximum Gasteiger partial charge on any atom is 0.413 e. The van der Waals surface area contributed by atoms with Crippen molar-refractivity contribution in [3.8, 4) is 11.4 Å². The van der Waals surface area contributed by atoms with Gasteiger partial charge in [0.05, 0.1) is 42.9 Å². The fraction of sp³-hybridized carbons (Fsp3) is 0.333. The standard InChI is InChI=1S/C24H19F5N4O6/c25-12-1-3-16(15(26)7-12)32-10-17(39-22(37)31-23(24(27,28)29)5-6-38-11-23)20(36)14-2-4-18(30-21(14)32)33-9-13(34)8-19(33)35/h1-4,7,10,13,34H,5-6,8-9,11H2,(H,31,37)/t13-,23?/m0/s1. The van der Waals surface area contributed by atoms with Crippen LogP contribution in [0.2, 0.25) is 0 Å². The Labute approximate surface area is 215 Å². The molecular weight excluding hydrogens is 535 g/mol. The van der Waals surface area contributed by atoms with Crippen molar-refractivity contribution in [1.82, 2.24) is 14.9 Å². The minimum absolute atomic E-state index is 0.0134. The van der Waals surface area contributed by atoms with Crippen LogP contribution in [0.15, 0.2) is 41.3 Å². The van der Waals surface area contributed by atoms with Crippen LogP contribution in [-0.4, -0.2) is 64.2 Å². The Morgan fingerprint density at radius 3 is 2.59 bits per heavy atom. The molecule has 2 aromatic heterocycles. The number of carbonyl (C=O) groups excluding carboxylic acids is 2. The summed E-state index contributed by atoms with van der Waals surface area (Å²) in [6.07, 6.45) is -7.36. The second-order valence-electron chi connectivity index (χ2n) is 9.09. The van der Waals surface area contributed by atoms with E-state index in [9.17, 15) is 41.4 Å². The summed E-state index contributed by atoms with van der Waals surface area (Å²) in [5.74, 6) is -3.24. The van der Waals surface area contributed by atoms with Gasteiger partial charge in [0.1, 0.15) is 17.5 Å². The van der Waals surface area contributed by atoms with Crippen LogP contribution in [0.4, 0.5) is 32.6 Å². The number of carbonyl (C=O) groups is 2. The number of hydrogen-bond acceptors (Lipinski definition) is 7. The molecule has 2 saturated heterocycles. The van der Waals surface area contributed by atoms with E-state index in [0.717, 1.165) is 27.8 Å². The Kier molecular flexibility index (Phi) is 6.50. The van der Waals surface area contributed by atoms with Crippen molar-refractivity contribution in [1.29, 1.82) is 0 Å². The highest BCUT2D eigenvalue weighted by Gasteiger charge is 2.58. The van der Waals surface area contributed by atoms with Crippen molar-refractivity contribution in [2.75, 3.05) is 24.7 Å². The number of ether oxygens (including phenoxy) is 2. The first-order chi connectivity index (χ1) is 18.4. The molecule has 1 aromatic carbocycles. The SMILES string of the molecule is O=C(NC1(C(F)(F)F)CCOC1)Oc1cn(-c2ccc(F)cc2F)c2nc(N3C[C@@H](O)CC3=O)ccc2c1=O. The molecule has 4 heterocycles. The number of halogens is 5. The van der Waals surface area contributed by atoms with Crippen molar-refractivity contribution >= 4 is 28.9 Å². The fourth-order valence-electron chi connectivity index (χ4n) is 4.44. The lowest BCUT2D eigenvalue weighted by Crippen LogP contribution is -2.60. The van der Waals surface area contributed by atoms with Gasteiger partial charge in [-0.15, -0.1) is 0 Å². The molecule has 0 bridgehead atoms. The molecule has 0 saturated carbocycles. The molecule has 0 spiro atoms. The van der Waals surface area contributed by atoms with Crippen molar-refractivity contribution in [2.45, 2.75) is 30.7 Å². The van der Waals surface area contributed by atoms with Gasteiger partial charge in [-0.05, 0) is 24.3 Å². The van der Waals surface area contributed by atoms with E-state index < -0.39 is 65.7 Å². The summed E-state index contributed by atoms with van der Waals surface area (Å²) < 4.78 is 80.0. The molecule has 0 radical (unpaired) electrons. The minimum Gasteiger partial charge on any atom is -0.405 e. The van der Waals surface area contributed by atoms with Crippen molar-refractivity contribution < 1.29 is 46.1 Å². The van der Waals surface area contributed by atoms with E-state index in [1.54, 1.807) is 5.32 Å². The third-order valence-electron chi connectivity index (χ3n) is 6.46. The summed E-state index contributed by atoms with van der Waals surface area (Å²) >= 11 is 0. The maximum atomic E-state index is 14.8. The van der Waals surface area contributed by atoms with E-state index in [1.807, 2.05) is 0 Å². The maximum absolute atomic E-state index is 14.8. The van der Waals surface area contributed by atoms with Crippen LogP contribution < -0.4 is 20.4 Å². The molecule has 2 atom stereocenters. The average Bonchev–Trinajstić information content (AvgIpc) is 3.47. The number of aliphatic hydroxyl groups is 1. The van der Waals surface area contributed by atoms with Crippen molar-refractivity contribution in [3.63, 3.8) is 0 Å². The number of nitrogens with one attached hydrogen (secondary N) is 1. The van der Waals surface area contributed by atoms with Gasteiger partial charge in [-0.3, -0.25) is 19.1 Å². The molecule has 2 aliphatic rings. The predicted octanol–water partition coefficient (Wildman–Crippen LogP) is 2.57. The Morgan fingerprint density at radius 2 is 1.97 bits per heavy atom. The smallest absolute Gasteiger partial charge is 0.405 e. The number of aromatic nitrogens is 2. The number of hydrogen-bond donors (Lipinski definition) is 2. The van der Waals surface area contributed by atoms with Gasteiger partial charge in [0, 0.05) is 19.1 Å². The fourth-order valence-corrected chi connectivity index (χ4v) is 4.44. The highest BCUT2D eigenvalue weighted by Crippen LogP contribution is 2.37. The van der Waals surface area contributed by atoms with Gasteiger partial charge in [0.15, 0.2) is 16.9 Å². The van der Waals surface area contributed by atoms with Gasteiger partial charge in [0.2, 0.25) is 11.3 Å². The molecule has 3 aromatic rings. The molecule has 206 valence electrons. The number of β-amino-alcohol motifs (C(OH)–C–C–N with tert-alkyl or cyclic N) is 1. The van der Waals surface area contributed by atoms with Gasteiger partial charge >= 0.3 is 12.3 Å². The van der Waals surface area contributed by atoms with Crippen LogP contribution in [0.1, 0.15) is 12.8 Å². The second-order valence-corrected chi connectivity index (χ2v) is 9.09. The van der Waals surface area contributed by atoms with E-state index in [-0.39, 0.29) is 42.1 Å². The second kappa shape index (κ2) is 9.57. The number of fused-ring (bicyclic) bond motifs is 1. The largest absolute Gasteiger partial charge is 0.413 e. The van der Waals surface area contributed by atoms with Crippen LogP contribution in [0, 0.1) is 11.6 Å². The lowest BCUT2D eigenvalue weighted by Gasteiger charge is -2.30. The molecular formula is C24H19F5N4O6. The van der Waals surface area contributed by atoms with E-state index in [0.29, 0.717) is 6.07 Å². The topological polar surface area (TPSA) is 123 Å². The van der Waals surface area contributed by atoms with Gasteiger partial charge < -0.3 is 19.9 Å². The van der Waals surface area contributed by atoms with Gasteiger partial charge in [-0.1, -0.05) is 0 Å². The molecule has 10 nitrogen and oxygen atoms in total. The summed E-state index contributed by atoms with van der Waals surface area (Å²) in [7, 11) is 0. The molecule has 2 aliphatic heterocycles. The third-order valence-corrected chi connectivity index (χ3v) is 6.46. The third kappa shape index (κ3) is 4.78. The monoisotopic (exact) mass is 554 g/mol. The molecule has 39 heavy (non-hydrogen) atoms. The lowest BCUT2D eigenvalue weighted by atomic mass is 9.98. The number of rotatable bonds is 4. The Balaban J connectivity index is 1.60. The number of alkyl halides is 3. The Hall–Kier alpha value is -4.11. The van der Waals surface area contributed by atoms with Crippen molar-refractivity contribution in [3.05, 3.63) is 58.4 Å². The number of nitrogens with zero attached hydrogens (tertiary/aromatic N) is 3. The predicted molar refractivity (Wildman–Crippen MR) is 124 cm³/mol. The van der Waals surface area contributed by atoms with Crippen LogP contribution in [0.25, 0.3) is 16.7 Å². The summed E-state index contributed by atoms with van der Waals surface area (Å²) in [4.78, 5) is 43.4. The highest BCUT2D eigenvalue weighted by molar-refractivity contribution is 5.96. The van der Waals surface area contributed by atoms with Crippen LogP contribution >= 0.6 is 0 Å². The average molecular weight is 554 g/mol. The number of pyridine rings is 2. The normalized spacial score (nSPS) is 21.5. The Morgan fingerprint density at radius 1 is 1.21 bits per heavy atom. The summed E-state index contributed by atoms with van der Waals surface area (Å²) in [5, 5.41) is 11.3. The zero-order valence-electron chi connectivity index (χ0n) is 19.8. The summed E-state index contributed by atoms with van der Waals surface area (Å²) in [6, 6.07) is 4.93. The zero-order valence-corrected chi connectivity index (χ0v) is 19.8. The number of benzene rings is 1. The summed E-state index contributed by atoms with van der Waals surface area (Å²) in [6.45, 7) is -1.21. The number of aliphatic hydroxyl groups excluding tert-OH is 1. The highest BCUT2D eigenvalue weighted by atomic mass is 19.4. The first-order valence-corrected chi connectivity index (χ1v) is 11.5. The molecule has 1 unspecified atom stereocenters. The van der Waals surface area contributed by atoms with E-state index in [4.69, 9.17) is 9.47 Å². The zero-order chi connectivity index (χ0) is 28.1. The molecule has 0 aliphatic carbocycles. The van der Waals surface area contributed by atoms with Crippen LogP contribution in [0.5, 0.6) is 5.75 Å². The minimum atomic E-state index is -4.88.